The van der Waals surface area contributed by atoms with E-state index >= 15 is 0 Å². The van der Waals surface area contributed by atoms with Gasteiger partial charge < -0.3 is 14.5 Å². The lowest BCUT2D eigenvalue weighted by Crippen LogP contribution is -2.29. The van der Waals surface area contributed by atoms with Crippen molar-refractivity contribution in [2.45, 2.75) is 0 Å². The van der Waals surface area contributed by atoms with Gasteiger partial charge in [-0.1, -0.05) is 0 Å². The first kappa shape index (κ1) is 17.7. The highest BCUT2D eigenvalue weighted by molar-refractivity contribution is 6.28. The molecular formula is C12H19ClN10O. The van der Waals surface area contributed by atoms with Crippen LogP contribution in [0.4, 0.5) is 23.8 Å². The van der Waals surface area contributed by atoms with Crippen LogP contribution >= 0.6 is 11.6 Å². The van der Waals surface area contributed by atoms with Crippen molar-refractivity contribution in [2.24, 2.45) is 0 Å². The van der Waals surface area contributed by atoms with Gasteiger partial charge in [0.2, 0.25) is 23.1 Å². The quantitative estimate of drug-likeness (QED) is 0.724. The first-order valence-corrected chi connectivity index (χ1v) is 7.24. The molecule has 2 aromatic rings. The molecule has 0 aromatic carbocycles. The second-order valence-electron chi connectivity index (χ2n) is 5.11. The summed E-state index contributed by atoms with van der Waals surface area (Å²) in [5.74, 6) is 1.46. The lowest BCUT2D eigenvalue weighted by Gasteiger charge is -2.20. The minimum absolute atomic E-state index is 0.0757. The summed E-state index contributed by atoms with van der Waals surface area (Å²) >= 11 is 5.92. The Balaban J connectivity index is 2.29. The van der Waals surface area contributed by atoms with E-state index in [9.17, 15) is 0 Å². The van der Waals surface area contributed by atoms with Crippen LogP contribution in [-0.2, 0) is 0 Å². The van der Waals surface area contributed by atoms with E-state index in [2.05, 4.69) is 35.3 Å². The number of anilines is 4. The van der Waals surface area contributed by atoms with Crippen LogP contribution in [0.3, 0.4) is 0 Å². The number of hydrogen-bond acceptors (Lipinski definition) is 11. The molecule has 0 atom stereocenters. The third kappa shape index (κ3) is 4.19. The number of hydrogen-bond donors (Lipinski definition) is 1. The highest BCUT2D eigenvalue weighted by Crippen LogP contribution is 2.17. The highest BCUT2D eigenvalue weighted by Gasteiger charge is 2.14. The number of nitrogens with zero attached hydrogens (tertiary/aromatic N) is 9. The Morgan fingerprint density at radius 2 is 1.38 bits per heavy atom. The van der Waals surface area contributed by atoms with Crippen LogP contribution < -0.4 is 25.0 Å². The van der Waals surface area contributed by atoms with E-state index in [1.54, 1.807) is 30.9 Å². The standard InChI is InChI=1S/C12H19ClN10O/c1-21(2)9-15-7(13)14-8(16-9)20-23(5)11-17-10(22(3)4)18-12(19-11)24-6/h1-6H3,(H,14,15,16,20). The van der Waals surface area contributed by atoms with Crippen LogP contribution in [-0.4, -0.2) is 72.3 Å². The fraction of sp³-hybridized carbons (Fsp3) is 0.500. The molecule has 24 heavy (non-hydrogen) atoms. The van der Waals surface area contributed by atoms with Gasteiger partial charge in [-0.2, -0.15) is 29.9 Å². The van der Waals surface area contributed by atoms with Gasteiger partial charge in [-0.05, 0) is 11.6 Å². The first-order chi connectivity index (χ1) is 11.3. The molecule has 1 N–H and O–H groups in total. The third-order valence-corrected chi connectivity index (χ3v) is 2.91. The van der Waals surface area contributed by atoms with Gasteiger partial charge in [0.1, 0.15) is 0 Å². The number of methoxy groups -OCH3 is 1. The van der Waals surface area contributed by atoms with E-state index in [1.165, 1.54) is 12.1 Å². The maximum Gasteiger partial charge on any atom is 0.322 e. The Morgan fingerprint density at radius 1 is 0.792 bits per heavy atom. The molecule has 0 aliphatic rings. The molecule has 11 nitrogen and oxygen atoms in total. The van der Waals surface area contributed by atoms with Crippen LogP contribution in [0.25, 0.3) is 0 Å². The second kappa shape index (κ2) is 7.25. The average molecular weight is 355 g/mol. The maximum atomic E-state index is 5.92. The van der Waals surface area contributed by atoms with Crippen molar-refractivity contribution in [3.05, 3.63) is 5.28 Å². The van der Waals surface area contributed by atoms with Gasteiger partial charge in [-0.25, -0.2) is 0 Å². The number of halogens is 1. The van der Waals surface area contributed by atoms with Crippen molar-refractivity contribution in [2.75, 3.05) is 62.6 Å². The largest absolute Gasteiger partial charge is 0.467 e. The van der Waals surface area contributed by atoms with E-state index in [4.69, 9.17) is 16.3 Å². The zero-order valence-electron chi connectivity index (χ0n) is 14.3. The van der Waals surface area contributed by atoms with Gasteiger partial charge in [0.15, 0.2) is 0 Å². The van der Waals surface area contributed by atoms with Gasteiger partial charge in [0, 0.05) is 35.2 Å². The molecule has 2 rings (SSSR count). The summed E-state index contributed by atoms with van der Waals surface area (Å²) in [5.41, 5.74) is 2.94. The normalized spacial score (nSPS) is 10.3. The molecule has 130 valence electrons. The predicted octanol–water partition coefficient (Wildman–Crippen LogP) is 0.314. The number of aromatic nitrogens is 6. The molecule has 0 spiro atoms. The first-order valence-electron chi connectivity index (χ1n) is 6.87. The molecule has 2 aromatic heterocycles. The Kier molecular flexibility index (Phi) is 5.34. The van der Waals surface area contributed by atoms with Crippen LogP contribution in [0, 0.1) is 0 Å². The number of rotatable bonds is 6. The number of hydrazine groups is 1. The lowest BCUT2D eigenvalue weighted by molar-refractivity contribution is 0.378. The maximum absolute atomic E-state index is 5.92. The summed E-state index contributed by atoms with van der Waals surface area (Å²) in [6.45, 7) is 0. The van der Waals surface area contributed by atoms with Crippen molar-refractivity contribution in [3.8, 4) is 6.01 Å². The second-order valence-corrected chi connectivity index (χ2v) is 5.45. The number of ether oxygens (including phenoxy) is 1. The van der Waals surface area contributed by atoms with Gasteiger partial charge in [0.05, 0.1) is 7.11 Å². The monoisotopic (exact) mass is 354 g/mol. The molecule has 0 bridgehead atoms. The molecule has 12 heteroatoms. The summed E-state index contributed by atoms with van der Waals surface area (Å²) in [6, 6.07) is 0.194. The minimum atomic E-state index is 0.0757. The predicted molar refractivity (Wildman–Crippen MR) is 91.9 cm³/mol. The third-order valence-electron chi connectivity index (χ3n) is 2.74. The summed E-state index contributed by atoms with van der Waals surface area (Å²) in [6.07, 6.45) is 0. The number of nitrogens with one attached hydrogen (secondary N) is 1. The van der Waals surface area contributed by atoms with Crippen molar-refractivity contribution >= 4 is 35.4 Å². The van der Waals surface area contributed by atoms with Crippen molar-refractivity contribution in [1.82, 2.24) is 29.9 Å². The van der Waals surface area contributed by atoms with Crippen LogP contribution in [0.15, 0.2) is 0 Å². The topological polar surface area (TPSA) is 108 Å². The van der Waals surface area contributed by atoms with Crippen molar-refractivity contribution in [1.29, 1.82) is 0 Å². The van der Waals surface area contributed by atoms with E-state index in [0.29, 0.717) is 17.8 Å². The fourth-order valence-corrected chi connectivity index (χ4v) is 1.72. The smallest absolute Gasteiger partial charge is 0.322 e. The van der Waals surface area contributed by atoms with Gasteiger partial charge in [0.25, 0.3) is 5.95 Å². The van der Waals surface area contributed by atoms with Crippen LogP contribution in [0.1, 0.15) is 0 Å². The van der Waals surface area contributed by atoms with E-state index in [1.807, 2.05) is 14.1 Å². The van der Waals surface area contributed by atoms with E-state index in [-0.39, 0.29) is 17.2 Å². The molecule has 0 aliphatic heterocycles. The average Bonchev–Trinajstić information content (AvgIpc) is 2.53. The zero-order chi connectivity index (χ0) is 17.9. The van der Waals surface area contributed by atoms with Crippen molar-refractivity contribution < 1.29 is 4.74 Å². The van der Waals surface area contributed by atoms with Crippen molar-refractivity contribution in [3.63, 3.8) is 0 Å². The SMILES string of the molecule is COc1nc(N(C)C)nc(N(C)Nc2nc(Cl)nc(N(C)C)n2)n1. The van der Waals surface area contributed by atoms with Gasteiger partial charge in [-0.15, -0.1) is 0 Å². The molecule has 0 aliphatic carbocycles. The van der Waals surface area contributed by atoms with E-state index in [0.717, 1.165) is 0 Å². The molecule has 0 saturated carbocycles. The summed E-state index contributed by atoms with van der Waals surface area (Å²) < 4.78 is 5.10. The Hall–Kier alpha value is -2.69. The molecule has 0 fully saturated rings. The van der Waals surface area contributed by atoms with E-state index < -0.39 is 0 Å². The molecular weight excluding hydrogens is 336 g/mol. The molecule has 0 amide bonds. The Bertz CT molecular complexity index is 710. The van der Waals surface area contributed by atoms with Gasteiger partial charge >= 0.3 is 6.01 Å². The zero-order valence-corrected chi connectivity index (χ0v) is 15.1. The summed E-state index contributed by atoms with van der Waals surface area (Å²) in [5, 5.41) is 1.61. The summed E-state index contributed by atoms with van der Waals surface area (Å²) in [4.78, 5) is 28.4. The van der Waals surface area contributed by atoms with Crippen LogP contribution in [0.2, 0.25) is 5.28 Å². The molecule has 0 saturated heterocycles. The minimum Gasteiger partial charge on any atom is -0.467 e. The highest BCUT2D eigenvalue weighted by atomic mass is 35.5. The summed E-state index contributed by atoms with van der Waals surface area (Å²) in [7, 11) is 10.4. The van der Waals surface area contributed by atoms with Crippen LogP contribution in [0.5, 0.6) is 6.01 Å². The van der Waals surface area contributed by atoms with Gasteiger partial charge in [-0.3, -0.25) is 10.4 Å². The molecule has 2 heterocycles. The lowest BCUT2D eigenvalue weighted by atomic mass is 10.7. The molecule has 0 radical (unpaired) electrons. The molecule has 0 unspecified atom stereocenters. The Morgan fingerprint density at radius 3 is 1.96 bits per heavy atom. The fourth-order valence-electron chi connectivity index (χ4n) is 1.57. The Labute approximate surface area is 144 Å².